The molecule has 3 rings (SSSR count). The van der Waals surface area contributed by atoms with Crippen molar-refractivity contribution in [2.24, 2.45) is 0 Å². The monoisotopic (exact) mass is 323 g/mol. The zero-order chi connectivity index (χ0) is 17.3. The Bertz CT molecular complexity index is 823. The molecule has 0 fully saturated rings. The Kier molecular flexibility index (Phi) is 3.95. The van der Waals surface area contributed by atoms with Gasteiger partial charge in [-0.05, 0) is 17.7 Å². The van der Waals surface area contributed by atoms with Crippen molar-refractivity contribution < 1.29 is 24.3 Å². The summed E-state index contributed by atoms with van der Waals surface area (Å²) in [6.07, 6.45) is 0.492. The van der Waals surface area contributed by atoms with Crippen molar-refractivity contribution in [3.63, 3.8) is 0 Å². The van der Waals surface area contributed by atoms with Crippen LogP contribution in [0.1, 0.15) is 36.6 Å². The van der Waals surface area contributed by atoms with Crippen LogP contribution in [0.5, 0.6) is 0 Å². The SMILES string of the molecule is O=Cc1ccccc1C[C@@H](C(=O)O)N1C(=O)c2ccccc2C1=O. The van der Waals surface area contributed by atoms with Gasteiger partial charge in [0.2, 0.25) is 0 Å². The van der Waals surface area contributed by atoms with Crippen LogP contribution in [0.15, 0.2) is 48.5 Å². The smallest absolute Gasteiger partial charge is 0.327 e. The molecule has 6 heteroatoms. The summed E-state index contributed by atoms with van der Waals surface area (Å²) >= 11 is 0. The van der Waals surface area contributed by atoms with E-state index in [0.717, 1.165) is 4.90 Å². The van der Waals surface area contributed by atoms with Crippen molar-refractivity contribution in [1.82, 2.24) is 4.90 Å². The molecule has 0 aliphatic carbocycles. The number of amides is 2. The molecule has 6 nitrogen and oxygen atoms in total. The summed E-state index contributed by atoms with van der Waals surface area (Å²) in [4.78, 5) is 48.5. The number of aliphatic carboxylic acids is 1. The van der Waals surface area contributed by atoms with Crippen molar-refractivity contribution in [3.05, 3.63) is 70.8 Å². The quantitative estimate of drug-likeness (QED) is 0.669. The first kappa shape index (κ1) is 15.6. The van der Waals surface area contributed by atoms with E-state index in [9.17, 15) is 24.3 Å². The molecule has 0 spiro atoms. The average Bonchev–Trinajstić information content (AvgIpc) is 2.84. The molecule has 1 atom stereocenters. The molecule has 120 valence electrons. The number of nitrogens with zero attached hydrogens (tertiary/aromatic N) is 1. The summed E-state index contributed by atoms with van der Waals surface area (Å²) in [5, 5.41) is 9.54. The molecule has 2 aromatic carbocycles. The van der Waals surface area contributed by atoms with Gasteiger partial charge in [-0.1, -0.05) is 36.4 Å². The van der Waals surface area contributed by atoms with Crippen molar-refractivity contribution in [1.29, 1.82) is 0 Å². The van der Waals surface area contributed by atoms with E-state index in [1.54, 1.807) is 36.4 Å². The number of hydrogen-bond acceptors (Lipinski definition) is 4. The minimum Gasteiger partial charge on any atom is -0.480 e. The van der Waals surface area contributed by atoms with Gasteiger partial charge in [0.1, 0.15) is 12.3 Å². The summed E-state index contributed by atoms with van der Waals surface area (Å²) in [6, 6.07) is 11.3. The lowest BCUT2D eigenvalue weighted by Crippen LogP contribution is -2.46. The summed E-state index contributed by atoms with van der Waals surface area (Å²) < 4.78 is 0. The van der Waals surface area contributed by atoms with Gasteiger partial charge in [-0.25, -0.2) is 4.79 Å². The fourth-order valence-electron chi connectivity index (χ4n) is 2.82. The molecule has 0 unspecified atom stereocenters. The first-order chi connectivity index (χ1) is 11.5. The molecule has 0 bridgehead atoms. The lowest BCUT2D eigenvalue weighted by molar-refractivity contribution is -0.141. The van der Waals surface area contributed by atoms with Gasteiger partial charge in [-0.3, -0.25) is 19.3 Å². The highest BCUT2D eigenvalue weighted by molar-refractivity contribution is 6.22. The standard InChI is InChI=1S/C18H13NO5/c20-10-12-6-2-1-5-11(12)9-15(18(23)24)19-16(21)13-7-3-4-8-14(13)17(19)22/h1-8,10,15H,9H2,(H,23,24)/t15-/m0/s1. The fraction of sp³-hybridized carbons (Fsp3) is 0.111. The van der Waals surface area contributed by atoms with Crippen molar-refractivity contribution in [3.8, 4) is 0 Å². The van der Waals surface area contributed by atoms with E-state index in [2.05, 4.69) is 0 Å². The van der Waals surface area contributed by atoms with E-state index in [-0.39, 0.29) is 17.5 Å². The summed E-state index contributed by atoms with van der Waals surface area (Å²) in [7, 11) is 0. The molecule has 1 heterocycles. The van der Waals surface area contributed by atoms with E-state index < -0.39 is 23.8 Å². The van der Waals surface area contributed by atoms with Gasteiger partial charge in [0, 0.05) is 12.0 Å². The molecular formula is C18H13NO5. The van der Waals surface area contributed by atoms with Crippen molar-refractivity contribution >= 4 is 24.1 Å². The van der Waals surface area contributed by atoms with Crippen LogP contribution in [-0.2, 0) is 11.2 Å². The third-order valence-corrected chi connectivity index (χ3v) is 4.02. The molecule has 1 aliphatic rings. The van der Waals surface area contributed by atoms with Crippen molar-refractivity contribution in [2.45, 2.75) is 12.5 Å². The van der Waals surface area contributed by atoms with E-state index >= 15 is 0 Å². The number of imide groups is 1. The van der Waals surface area contributed by atoms with Crippen LogP contribution >= 0.6 is 0 Å². The Labute approximate surface area is 137 Å². The highest BCUT2D eigenvalue weighted by Gasteiger charge is 2.42. The number of hydrogen-bond donors (Lipinski definition) is 1. The Morgan fingerprint density at radius 3 is 2.08 bits per heavy atom. The molecular weight excluding hydrogens is 310 g/mol. The Balaban J connectivity index is 1.99. The van der Waals surface area contributed by atoms with Crippen LogP contribution in [0.25, 0.3) is 0 Å². The molecule has 2 aromatic rings. The zero-order valence-corrected chi connectivity index (χ0v) is 12.5. The zero-order valence-electron chi connectivity index (χ0n) is 12.5. The van der Waals surface area contributed by atoms with Gasteiger partial charge < -0.3 is 5.11 Å². The normalized spacial score (nSPS) is 14.4. The van der Waals surface area contributed by atoms with Crippen LogP contribution < -0.4 is 0 Å². The predicted octanol–water partition coefficient (Wildman–Crippen LogP) is 1.79. The minimum absolute atomic E-state index is 0.129. The maximum Gasteiger partial charge on any atom is 0.327 e. The Morgan fingerprint density at radius 1 is 1.00 bits per heavy atom. The Morgan fingerprint density at radius 2 is 1.54 bits per heavy atom. The maximum absolute atomic E-state index is 12.5. The van der Waals surface area contributed by atoms with E-state index in [4.69, 9.17) is 0 Å². The van der Waals surface area contributed by atoms with E-state index in [1.807, 2.05) is 0 Å². The third kappa shape index (κ3) is 2.48. The summed E-state index contributed by atoms with van der Waals surface area (Å²) in [6.45, 7) is 0. The van der Waals surface area contributed by atoms with Gasteiger partial charge in [0.15, 0.2) is 0 Å². The number of aldehydes is 1. The fourth-order valence-corrected chi connectivity index (χ4v) is 2.82. The van der Waals surface area contributed by atoms with Crippen molar-refractivity contribution in [2.75, 3.05) is 0 Å². The summed E-state index contributed by atoms with van der Waals surface area (Å²) in [5.74, 6) is -2.57. The minimum atomic E-state index is -1.38. The topological polar surface area (TPSA) is 91.8 Å². The largest absolute Gasteiger partial charge is 0.480 e. The molecule has 1 N–H and O–H groups in total. The first-order valence-corrected chi connectivity index (χ1v) is 7.27. The molecule has 1 aliphatic heterocycles. The second-order valence-electron chi connectivity index (χ2n) is 5.40. The van der Waals surface area contributed by atoms with Crippen LogP contribution in [0.4, 0.5) is 0 Å². The molecule has 0 radical (unpaired) electrons. The molecule has 24 heavy (non-hydrogen) atoms. The predicted molar refractivity (Wildman–Crippen MR) is 83.9 cm³/mol. The van der Waals surface area contributed by atoms with E-state index in [1.165, 1.54) is 12.1 Å². The van der Waals surface area contributed by atoms with Gasteiger partial charge in [-0.15, -0.1) is 0 Å². The Hall–Kier alpha value is -3.28. The van der Waals surface area contributed by atoms with Crippen LogP contribution in [0, 0.1) is 0 Å². The number of fused-ring (bicyclic) bond motifs is 1. The number of carbonyl (C=O) groups is 4. The second-order valence-corrected chi connectivity index (χ2v) is 5.40. The molecule has 0 saturated carbocycles. The first-order valence-electron chi connectivity index (χ1n) is 7.27. The van der Waals surface area contributed by atoms with Gasteiger partial charge in [-0.2, -0.15) is 0 Å². The number of benzene rings is 2. The summed E-state index contributed by atoms with van der Waals surface area (Å²) in [5.41, 5.74) is 1.19. The molecule has 0 aromatic heterocycles. The molecule has 2 amide bonds. The number of carboxylic acid groups (broad SMARTS) is 1. The highest BCUT2D eigenvalue weighted by Crippen LogP contribution is 2.26. The molecule has 0 saturated heterocycles. The van der Waals surface area contributed by atoms with Crippen LogP contribution in [0.2, 0.25) is 0 Å². The number of carboxylic acids is 1. The maximum atomic E-state index is 12.5. The second kappa shape index (κ2) is 6.08. The lowest BCUT2D eigenvalue weighted by atomic mass is 10.00. The van der Waals surface area contributed by atoms with Gasteiger partial charge >= 0.3 is 5.97 Å². The lowest BCUT2D eigenvalue weighted by Gasteiger charge is -2.23. The van der Waals surface area contributed by atoms with Crippen LogP contribution in [-0.4, -0.2) is 40.1 Å². The van der Waals surface area contributed by atoms with Crippen LogP contribution in [0.3, 0.4) is 0 Å². The van der Waals surface area contributed by atoms with Gasteiger partial charge in [0.05, 0.1) is 11.1 Å². The highest BCUT2D eigenvalue weighted by atomic mass is 16.4. The average molecular weight is 323 g/mol. The number of rotatable bonds is 5. The number of carbonyl (C=O) groups excluding carboxylic acids is 3. The third-order valence-electron chi connectivity index (χ3n) is 4.02. The van der Waals surface area contributed by atoms with E-state index in [0.29, 0.717) is 17.4 Å². The van der Waals surface area contributed by atoms with Gasteiger partial charge in [0.25, 0.3) is 11.8 Å².